The zero-order valence-electron chi connectivity index (χ0n) is 13.5. The number of nitrogens with zero attached hydrogens (tertiary/aromatic N) is 1. The van der Waals surface area contributed by atoms with Crippen LogP contribution in [-0.4, -0.2) is 37.4 Å². The SMILES string of the molecule is CCCNC(CC)(CO)CCCN(C)c1ccccc1F. The number of aliphatic hydroxyl groups is 1. The fraction of sp³-hybridized carbons (Fsp3) is 0.647. The summed E-state index contributed by atoms with van der Waals surface area (Å²) in [6, 6.07) is 6.83. The Kier molecular flexibility index (Phi) is 7.68. The molecule has 21 heavy (non-hydrogen) atoms. The van der Waals surface area contributed by atoms with Gasteiger partial charge in [-0.3, -0.25) is 0 Å². The van der Waals surface area contributed by atoms with Gasteiger partial charge in [0, 0.05) is 19.1 Å². The molecule has 120 valence electrons. The topological polar surface area (TPSA) is 35.5 Å². The maximum atomic E-state index is 13.7. The fourth-order valence-corrected chi connectivity index (χ4v) is 2.56. The van der Waals surface area contributed by atoms with E-state index in [0.717, 1.165) is 38.8 Å². The Morgan fingerprint density at radius 1 is 1.29 bits per heavy atom. The Hall–Kier alpha value is -1.13. The highest BCUT2D eigenvalue weighted by Gasteiger charge is 2.25. The summed E-state index contributed by atoms with van der Waals surface area (Å²) in [5.74, 6) is -0.187. The molecule has 4 heteroatoms. The lowest BCUT2D eigenvalue weighted by Crippen LogP contribution is -2.48. The van der Waals surface area contributed by atoms with Crippen molar-refractivity contribution < 1.29 is 9.50 Å². The number of hydrogen-bond acceptors (Lipinski definition) is 3. The molecule has 2 N–H and O–H groups in total. The lowest BCUT2D eigenvalue weighted by molar-refractivity contribution is 0.145. The molecule has 0 radical (unpaired) electrons. The molecule has 0 heterocycles. The molecule has 0 fully saturated rings. The van der Waals surface area contributed by atoms with Gasteiger partial charge in [0.05, 0.1) is 12.3 Å². The number of rotatable bonds is 10. The minimum atomic E-state index is -0.202. The lowest BCUT2D eigenvalue weighted by Gasteiger charge is -2.33. The molecule has 0 aliphatic carbocycles. The van der Waals surface area contributed by atoms with E-state index in [1.165, 1.54) is 6.07 Å². The molecule has 1 unspecified atom stereocenters. The Balaban J connectivity index is 2.52. The van der Waals surface area contributed by atoms with Crippen molar-refractivity contribution in [2.75, 3.05) is 31.6 Å². The first-order valence-electron chi connectivity index (χ1n) is 7.90. The van der Waals surface area contributed by atoms with Crippen molar-refractivity contribution in [3.05, 3.63) is 30.1 Å². The summed E-state index contributed by atoms with van der Waals surface area (Å²) in [5.41, 5.74) is 0.427. The molecule has 1 aromatic rings. The number of halogens is 1. The summed E-state index contributed by atoms with van der Waals surface area (Å²) in [7, 11) is 1.91. The van der Waals surface area contributed by atoms with Gasteiger partial charge in [-0.05, 0) is 44.4 Å². The molecular weight excluding hydrogens is 267 g/mol. The van der Waals surface area contributed by atoms with Gasteiger partial charge in [0.25, 0.3) is 0 Å². The third-order valence-corrected chi connectivity index (χ3v) is 4.14. The number of para-hydroxylation sites is 1. The minimum Gasteiger partial charge on any atom is -0.394 e. The first kappa shape index (κ1) is 17.9. The van der Waals surface area contributed by atoms with E-state index in [2.05, 4.69) is 19.2 Å². The van der Waals surface area contributed by atoms with Crippen molar-refractivity contribution in [1.29, 1.82) is 0 Å². The predicted molar refractivity (Wildman–Crippen MR) is 87.3 cm³/mol. The normalized spacial score (nSPS) is 14.0. The first-order valence-corrected chi connectivity index (χ1v) is 7.90. The highest BCUT2D eigenvalue weighted by atomic mass is 19.1. The quantitative estimate of drug-likeness (QED) is 0.696. The van der Waals surface area contributed by atoms with Crippen molar-refractivity contribution in [3.8, 4) is 0 Å². The van der Waals surface area contributed by atoms with Crippen molar-refractivity contribution in [2.45, 2.75) is 45.1 Å². The summed E-state index contributed by atoms with van der Waals surface area (Å²) < 4.78 is 13.7. The van der Waals surface area contributed by atoms with E-state index in [4.69, 9.17) is 0 Å². The smallest absolute Gasteiger partial charge is 0.146 e. The average Bonchev–Trinajstić information content (AvgIpc) is 2.51. The van der Waals surface area contributed by atoms with E-state index in [-0.39, 0.29) is 18.0 Å². The zero-order chi connectivity index (χ0) is 15.7. The largest absolute Gasteiger partial charge is 0.394 e. The van der Waals surface area contributed by atoms with Crippen LogP contribution in [0.4, 0.5) is 10.1 Å². The second-order valence-electron chi connectivity index (χ2n) is 5.70. The van der Waals surface area contributed by atoms with Crippen LogP contribution in [0.15, 0.2) is 24.3 Å². The summed E-state index contributed by atoms with van der Waals surface area (Å²) in [5, 5.41) is 13.2. The summed E-state index contributed by atoms with van der Waals surface area (Å²) in [6.45, 7) is 6.05. The maximum absolute atomic E-state index is 13.7. The molecule has 0 saturated carbocycles. The molecule has 1 rings (SSSR count). The first-order chi connectivity index (χ1) is 10.1. The van der Waals surface area contributed by atoms with E-state index < -0.39 is 0 Å². The third-order valence-electron chi connectivity index (χ3n) is 4.14. The number of benzene rings is 1. The second-order valence-corrected chi connectivity index (χ2v) is 5.70. The van der Waals surface area contributed by atoms with Crippen molar-refractivity contribution in [2.24, 2.45) is 0 Å². The van der Waals surface area contributed by atoms with Crippen LogP contribution in [0.3, 0.4) is 0 Å². The van der Waals surface area contributed by atoms with E-state index in [1.807, 2.05) is 18.0 Å². The number of aliphatic hydroxyl groups excluding tert-OH is 1. The zero-order valence-corrected chi connectivity index (χ0v) is 13.5. The average molecular weight is 296 g/mol. The summed E-state index contributed by atoms with van der Waals surface area (Å²) >= 11 is 0. The van der Waals surface area contributed by atoms with Crippen LogP contribution in [0, 0.1) is 5.82 Å². The molecule has 3 nitrogen and oxygen atoms in total. The van der Waals surface area contributed by atoms with Gasteiger partial charge in [-0.15, -0.1) is 0 Å². The highest BCUT2D eigenvalue weighted by Crippen LogP contribution is 2.20. The minimum absolute atomic E-state index is 0.146. The van der Waals surface area contributed by atoms with Gasteiger partial charge in [-0.2, -0.15) is 0 Å². The van der Waals surface area contributed by atoms with Crippen LogP contribution in [-0.2, 0) is 0 Å². The molecule has 0 saturated heterocycles. The lowest BCUT2D eigenvalue weighted by atomic mass is 9.91. The molecule has 0 amide bonds. The summed E-state index contributed by atoms with van der Waals surface area (Å²) in [4.78, 5) is 1.94. The third kappa shape index (κ3) is 5.29. The molecule has 0 aromatic heterocycles. The molecule has 1 aromatic carbocycles. The number of nitrogens with one attached hydrogen (secondary N) is 1. The Bertz CT molecular complexity index is 408. The van der Waals surface area contributed by atoms with Crippen LogP contribution in [0.5, 0.6) is 0 Å². The molecule has 1 atom stereocenters. The number of anilines is 1. The van der Waals surface area contributed by atoms with Crippen LogP contribution < -0.4 is 10.2 Å². The Morgan fingerprint density at radius 3 is 2.57 bits per heavy atom. The van der Waals surface area contributed by atoms with Crippen LogP contribution >= 0.6 is 0 Å². The summed E-state index contributed by atoms with van der Waals surface area (Å²) in [6.07, 6.45) is 3.75. The second kappa shape index (κ2) is 9.00. The molecule has 0 bridgehead atoms. The van der Waals surface area contributed by atoms with Crippen LogP contribution in [0.1, 0.15) is 39.5 Å². The van der Waals surface area contributed by atoms with E-state index in [0.29, 0.717) is 5.69 Å². The molecular formula is C17H29FN2O. The van der Waals surface area contributed by atoms with Gasteiger partial charge in [0.2, 0.25) is 0 Å². The molecule has 0 aliphatic heterocycles. The molecule has 0 aliphatic rings. The van der Waals surface area contributed by atoms with Gasteiger partial charge in [0.1, 0.15) is 5.82 Å². The van der Waals surface area contributed by atoms with E-state index in [9.17, 15) is 9.50 Å². The van der Waals surface area contributed by atoms with Crippen molar-refractivity contribution in [1.82, 2.24) is 5.32 Å². The number of hydrogen-bond donors (Lipinski definition) is 2. The van der Waals surface area contributed by atoms with Crippen molar-refractivity contribution >= 4 is 5.69 Å². The molecule has 0 spiro atoms. The van der Waals surface area contributed by atoms with Crippen molar-refractivity contribution in [3.63, 3.8) is 0 Å². The van der Waals surface area contributed by atoms with Gasteiger partial charge in [-0.25, -0.2) is 4.39 Å². The van der Waals surface area contributed by atoms with Gasteiger partial charge < -0.3 is 15.3 Å². The van der Waals surface area contributed by atoms with E-state index in [1.54, 1.807) is 12.1 Å². The van der Waals surface area contributed by atoms with Gasteiger partial charge >= 0.3 is 0 Å². The van der Waals surface area contributed by atoms with Gasteiger partial charge in [-0.1, -0.05) is 26.0 Å². The van der Waals surface area contributed by atoms with Crippen LogP contribution in [0.2, 0.25) is 0 Å². The predicted octanol–water partition coefficient (Wildman–Crippen LogP) is 3.18. The van der Waals surface area contributed by atoms with Gasteiger partial charge in [0.15, 0.2) is 0 Å². The standard InChI is InChI=1S/C17H29FN2O/c1-4-12-19-17(5-2,14-21)11-8-13-20(3)16-10-7-6-9-15(16)18/h6-7,9-10,19,21H,4-5,8,11-14H2,1-3H3. The van der Waals surface area contributed by atoms with E-state index >= 15 is 0 Å². The maximum Gasteiger partial charge on any atom is 0.146 e. The van der Waals surface area contributed by atoms with Crippen LogP contribution in [0.25, 0.3) is 0 Å². The Labute approximate surface area is 128 Å². The Morgan fingerprint density at radius 2 is 2.00 bits per heavy atom. The fourth-order valence-electron chi connectivity index (χ4n) is 2.56. The monoisotopic (exact) mass is 296 g/mol. The highest BCUT2D eigenvalue weighted by molar-refractivity contribution is 5.46.